The first-order valence-corrected chi connectivity index (χ1v) is 7.21. The van der Waals surface area contributed by atoms with Gasteiger partial charge in [-0.3, -0.25) is 0 Å². The number of hydrogen-bond acceptors (Lipinski definition) is 3. The van der Waals surface area contributed by atoms with E-state index < -0.39 is 0 Å². The minimum absolute atomic E-state index is 0.165. The monoisotopic (exact) mass is 284 g/mol. The Balaban J connectivity index is 2.33. The molecule has 0 spiro atoms. The van der Waals surface area contributed by atoms with Gasteiger partial charge in [0.1, 0.15) is 5.75 Å². The average Bonchev–Trinajstić information content (AvgIpc) is 2.52. The van der Waals surface area contributed by atoms with Crippen LogP contribution in [0.2, 0.25) is 0 Å². The van der Waals surface area contributed by atoms with E-state index in [1.165, 1.54) is 16.7 Å². The number of rotatable bonds is 5. The van der Waals surface area contributed by atoms with E-state index in [1.54, 1.807) is 7.11 Å². The molecule has 0 amide bonds. The van der Waals surface area contributed by atoms with Crippen LogP contribution in [-0.4, -0.2) is 20.7 Å². The Labute approximate surface area is 127 Å². The van der Waals surface area contributed by atoms with Crippen molar-refractivity contribution in [3.05, 3.63) is 59.2 Å². The van der Waals surface area contributed by atoms with Gasteiger partial charge in [-0.2, -0.15) is 0 Å². The molecule has 2 N–H and O–H groups in total. The molecule has 0 bridgehead atoms. The Hall–Kier alpha value is -2.00. The molecule has 1 atom stereocenters. The predicted molar refractivity (Wildman–Crippen MR) is 89.1 cm³/mol. The van der Waals surface area contributed by atoms with Crippen LogP contribution < -0.4 is 15.4 Å². The van der Waals surface area contributed by atoms with Crippen molar-refractivity contribution in [3.8, 4) is 5.75 Å². The minimum Gasteiger partial charge on any atom is -0.497 e. The molecule has 2 aromatic carbocycles. The number of nitrogens with two attached hydrogens (primary N) is 1. The molecule has 2 rings (SSSR count). The molecule has 0 aliphatic rings. The van der Waals surface area contributed by atoms with Crippen molar-refractivity contribution in [2.75, 3.05) is 25.6 Å². The van der Waals surface area contributed by atoms with E-state index in [4.69, 9.17) is 10.5 Å². The summed E-state index contributed by atoms with van der Waals surface area (Å²) >= 11 is 0. The summed E-state index contributed by atoms with van der Waals surface area (Å²) < 4.78 is 5.21. The van der Waals surface area contributed by atoms with E-state index in [2.05, 4.69) is 56.1 Å². The molecule has 0 saturated carbocycles. The van der Waals surface area contributed by atoms with Crippen LogP contribution in [0, 0.1) is 13.8 Å². The summed E-state index contributed by atoms with van der Waals surface area (Å²) in [4.78, 5) is 2.22. The van der Waals surface area contributed by atoms with Crippen molar-refractivity contribution >= 4 is 5.69 Å². The predicted octanol–water partition coefficient (Wildman–Crippen LogP) is 3.45. The van der Waals surface area contributed by atoms with Gasteiger partial charge in [0.05, 0.1) is 13.2 Å². The molecular weight excluding hydrogens is 260 g/mol. The molecule has 0 aliphatic carbocycles. The Morgan fingerprint density at radius 3 is 2.33 bits per heavy atom. The van der Waals surface area contributed by atoms with Gasteiger partial charge < -0.3 is 15.4 Å². The Bertz CT molecular complexity index is 593. The standard InChI is InChI=1S/C18H24N2O/c1-13-6-5-7-17(14(13)2)18(12-19)20(3)15-8-10-16(21-4)11-9-15/h5-11,18H,12,19H2,1-4H3. The zero-order valence-corrected chi connectivity index (χ0v) is 13.3. The van der Waals surface area contributed by atoms with Gasteiger partial charge in [-0.1, -0.05) is 18.2 Å². The number of hydrogen-bond donors (Lipinski definition) is 1. The fourth-order valence-electron chi connectivity index (χ4n) is 2.63. The van der Waals surface area contributed by atoms with E-state index in [-0.39, 0.29) is 6.04 Å². The normalized spacial score (nSPS) is 12.0. The third-order valence-corrected chi connectivity index (χ3v) is 4.18. The lowest BCUT2D eigenvalue weighted by atomic mass is 9.96. The summed E-state index contributed by atoms with van der Waals surface area (Å²) in [6, 6.07) is 14.6. The topological polar surface area (TPSA) is 38.5 Å². The number of anilines is 1. The van der Waals surface area contributed by atoms with Crippen molar-refractivity contribution in [2.24, 2.45) is 5.73 Å². The summed E-state index contributed by atoms with van der Waals surface area (Å²) in [5, 5.41) is 0. The first-order valence-electron chi connectivity index (χ1n) is 7.21. The van der Waals surface area contributed by atoms with Crippen LogP contribution in [0.3, 0.4) is 0 Å². The first-order chi connectivity index (χ1) is 10.1. The van der Waals surface area contributed by atoms with Crippen LogP contribution in [-0.2, 0) is 0 Å². The molecule has 3 heteroatoms. The van der Waals surface area contributed by atoms with Crippen LogP contribution in [0.5, 0.6) is 5.75 Å². The highest BCUT2D eigenvalue weighted by Crippen LogP contribution is 2.29. The number of likely N-dealkylation sites (N-methyl/N-ethyl adjacent to an activating group) is 1. The Morgan fingerprint density at radius 2 is 1.76 bits per heavy atom. The van der Waals surface area contributed by atoms with Crippen LogP contribution in [0.4, 0.5) is 5.69 Å². The van der Waals surface area contributed by atoms with E-state index in [0.29, 0.717) is 6.54 Å². The van der Waals surface area contributed by atoms with Crippen molar-refractivity contribution in [3.63, 3.8) is 0 Å². The molecule has 0 aliphatic heterocycles. The largest absolute Gasteiger partial charge is 0.497 e. The maximum atomic E-state index is 6.05. The summed E-state index contributed by atoms with van der Waals surface area (Å²) in [6.45, 7) is 4.88. The van der Waals surface area contributed by atoms with Gasteiger partial charge >= 0.3 is 0 Å². The fraction of sp³-hybridized carbons (Fsp3) is 0.333. The molecule has 21 heavy (non-hydrogen) atoms. The number of nitrogens with zero attached hydrogens (tertiary/aromatic N) is 1. The number of benzene rings is 2. The Kier molecular flexibility index (Phi) is 4.86. The lowest BCUT2D eigenvalue weighted by molar-refractivity contribution is 0.415. The summed E-state index contributed by atoms with van der Waals surface area (Å²) in [5.41, 5.74) is 11.1. The molecule has 3 nitrogen and oxygen atoms in total. The maximum Gasteiger partial charge on any atom is 0.119 e. The average molecular weight is 284 g/mol. The summed E-state index contributed by atoms with van der Waals surface area (Å²) in [7, 11) is 3.76. The molecule has 1 unspecified atom stereocenters. The summed E-state index contributed by atoms with van der Waals surface area (Å²) in [6.07, 6.45) is 0. The van der Waals surface area contributed by atoms with Crippen LogP contribution in [0.1, 0.15) is 22.7 Å². The zero-order valence-electron chi connectivity index (χ0n) is 13.3. The first kappa shape index (κ1) is 15.4. The second-order valence-corrected chi connectivity index (χ2v) is 5.35. The van der Waals surface area contributed by atoms with E-state index in [0.717, 1.165) is 11.4 Å². The molecule has 0 saturated heterocycles. The van der Waals surface area contributed by atoms with Crippen LogP contribution in [0.25, 0.3) is 0 Å². The van der Waals surface area contributed by atoms with Gasteiger partial charge in [0.2, 0.25) is 0 Å². The summed E-state index contributed by atoms with van der Waals surface area (Å²) in [5.74, 6) is 0.864. The van der Waals surface area contributed by atoms with Crippen molar-refractivity contribution in [1.82, 2.24) is 0 Å². The zero-order chi connectivity index (χ0) is 15.4. The van der Waals surface area contributed by atoms with Crippen molar-refractivity contribution in [2.45, 2.75) is 19.9 Å². The SMILES string of the molecule is COc1ccc(N(C)C(CN)c2cccc(C)c2C)cc1. The molecule has 0 fully saturated rings. The van der Waals surface area contributed by atoms with Gasteiger partial charge in [-0.15, -0.1) is 0 Å². The maximum absolute atomic E-state index is 6.05. The van der Waals surface area contributed by atoms with E-state index in [1.807, 2.05) is 12.1 Å². The second-order valence-electron chi connectivity index (χ2n) is 5.35. The third-order valence-electron chi connectivity index (χ3n) is 4.18. The van der Waals surface area contributed by atoms with Crippen molar-refractivity contribution < 1.29 is 4.74 Å². The van der Waals surface area contributed by atoms with Gasteiger partial charge in [0.15, 0.2) is 0 Å². The smallest absolute Gasteiger partial charge is 0.119 e. The highest BCUT2D eigenvalue weighted by atomic mass is 16.5. The van der Waals surface area contributed by atoms with E-state index in [9.17, 15) is 0 Å². The number of aryl methyl sites for hydroxylation is 1. The fourth-order valence-corrected chi connectivity index (χ4v) is 2.63. The van der Waals surface area contributed by atoms with Crippen LogP contribution in [0.15, 0.2) is 42.5 Å². The van der Waals surface area contributed by atoms with Crippen molar-refractivity contribution in [1.29, 1.82) is 0 Å². The quantitative estimate of drug-likeness (QED) is 0.914. The lowest BCUT2D eigenvalue weighted by Gasteiger charge is -2.31. The second kappa shape index (κ2) is 6.64. The molecular formula is C18H24N2O. The van der Waals surface area contributed by atoms with Gasteiger partial charge in [-0.25, -0.2) is 0 Å². The highest BCUT2D eigenvalue weighted by molar-refractivity contribution is 5.51. The van der Waals surface area contributed by atoms with Gasteiger partial charge in [0.25, 0.3) is 0 Å². The van der Waals surface area contributed by atoms with Gasteiger partial charge in [0, 0.05) is 19.3 Å². The number of ether oxygens (including phenoxy) is 1. The molecule has 112 valence electrons. The third kappa shape index (κ3) is 3.19. The number of methoxy groups -OCH3 is 1. The molecule has 0 aromatic heterocycles. The van der Waals surface area contributed by atoms with Crippen LogP contribution >= 0.6 is 0 Å². The Morgan fingerprint density at radius 1 is 1.10 bits per heavy atom. The van der Waals surface area contributed by atoms with E-state index >= 15 is 0 Å². The van der Waals surface area contributed by atoms with Gasteiger partial charge in [-0.05, 0) is 54.8 Å². The highest BCUT2D eigenvalue weighted by Gasteiger charge is 2.18. The minimum atomic E-state index is 0.165. The molecule has 2 aromatic rings. The molecule has 0 heterocycles. The molecule has 0 radical (unpaired) electrons. The lowest BCUT2D eigenvalue weighted by Crippen LogP contribution is -2.31.